The van der Waals surface area contributed by atoms with Gasteiger partial charge in [0, 0.05) is 25.8 Å². The van der Waals surface area contributed by atoms with Gasteiger partial charge in [0.25, 0.3) is 5.56 Å². The van der Waals surface area contributed by atoms with Crippen molar-refractivity contribution >= 4 is 55.1 Å². The molecular formula is C26H18Br2N2O3S. The number of carbonyl (C=O) groups is 1. The highest BCUT2D eigenvalue weighted by atomic mass is 79.9. The summed E-state index contributed by atoms with van der Waals surface area (Å²) in [5.74, 6) is 1.04. The van der Waals surface area contributed by atoms with Gasteiger partial charge in [-0.05, 0) is 61.9 Å². The van der Waals surface area contributed by atoms with Gasteiger partial charge in [0.1, 0.15) is 17.6 Å². The number of rotatable bonds is 4. The molecule has 0 bridgehead atoms. The summed E-state index contributed by atoms with van der Waals surface area (Å²) in [5, 5.41) is 0. The van der Waals surface area contributed by atoms with Crippen LogP contribution in [0.3, 0.4) is 0 Å². The van der Waals surface area contributed by atoms with Crippen molar-refractivity contribution in [2.45, 2.75) is 19.9 Å². The van der Waals surface area contributed by atoms with E-state index in [1.165, 1.54) is 18.3 Å². The van der Waals surface area contributed by atoms with Crippen molar-refractivity contribution in [2.75, 3.05) is 0 Å². The van der Waals surface area contributed by atoms with Crippen LogP contribution >= 0.6 is 43.2 Å². The molecule has 1 atom stereocenters. The molecule has 4 aromatic rings. The van der Waals surface area contributed by atoms with Crippen LogP contribution in [0.2, 0.25) is 0 Å². The summed E-state index contributed by atoms with van der Waals surface area (Å²) < 4.78 is 10.2. The summed E-state index contributed by atoms with van der Waals surface area (Å²) in [6.07, 6.45) is 1.84. The van der Waals surface area contributed by atoms with Gasteiger partial charge in [-0.1, -0.05) is 67.5 Å². The van der Waals surface area contributed by atoms with Gasteiger partial charge in [0.15, 0.2) is 10.6 Å². The number of aromatic nitrogens is 1. The molecule has 1 aliphatic heterocycles. The van der Waals surface area contributed by atoms with E-state index in [1.807, 2.05) is 66.7 Å². The number of hydrogen-bond donors (Lipinski definition) is 0. The predicted molar refractivity (Wildman–Crippen MR) is 140 cm³/mol. The zero-order valence-electron chi connectivity index (χ0n) is 18.2. The average molecular weight is 598 g/mol. The Morgan fingerprint density at radius 2 is 1.85 bits per heavy atom. The van der Waals surface area contributed by atoms with E-state index in [2.05, 4.69) is 36.9 Å². The van der Waals surface area contributed by atoms with Gasteiger partial charge < -0.3 is 4.42 Å². The highest BCUT2D eigenvalue weighted by Gasteiger charge is 2.33. The van der Waals surface area contributed by atoms with Crippen molar-refractivity contribution in [1.29, 1.82) is 0 Å². The Hall–Kier alpha value is -2.81. The lowest BCUT2D eigenvalue weighted by molar-refractivity contribution is -0.114. The second-order valence-corrected chi connectivity index (χ2v) is 10.7. The Morgan fingerprint density at radius 1 is 1.09 bits per heavy atom. The molecule has 170 valence electrons. The molecule has 2 aromatic heterocycles. The van der Waals surface area contributed by atoms with Crippen molar-refractivity contribution in [3.05, 3.63) is 112 Å². The number of hydrogen-bond acceptors (Lipinski definition) is 5. The summed E-state index contributed by atoms with van der Waals surface area (Å²) in [6.45, 7) is 3.30. The Labute approximate surface area is 216 Å². The lowest BCUT2D eigenvalue weighted by Crippen LogP contribution is -2.39. The Morgan fingerprint density at radius 3 is 2.56 bits per heavy atom. The molecule has 0 saturated heterocycles. The van der Waals surface area contributed by atoms with Crippen molar-refractivity contribution in [3.8, 4) is 11.3 Å². The van der Waals surface area contributed by atoms with Crippen LogP contribution in [0.25, 0.3) is 17.4 Å². The summed E-state index contributed by atoms with van der Waals surface area (Å²) in [6, 6.07) is 18.5. The van der Waals surface area contributed by atoms with Gasteiger partial charge in [-0.15, -0.1) is 0 Å². The number of carbonyl (C=O) groups excluding carboxylic acids is 1. The van der Waals surface area contributed by atoms with E-state index in [1.54, 1.807) is 11.5 Å². The smallest absolute Gasteiger partial charge is 0.271 e. The molecule has 0 amide bonds. The van der Waals surface area contributed by atoms with Gasteiger partial charge >= 0.3 is 0 Å². The summed E-state index contributed by atoms with van der Waals surface area (Å²) in [4.78, 5) is 31.4. The molecule has 0 fully saturated rings. The van der Waals surface area contributed by atoms with Crippen molar-refractivity contribution < 1.29 is 9.21 Å². The first kappa shape index (κ1) is 23.0. The first-order valence-electron chi connectivity index (χ1n) is 10.5. The maximum Gasteiger partial charge on any atom is 0.271 e. The number of furan rings is 1. The molecule has 1 aliphatic rings. The largest absolute Gasteiger partial charge is 0.458 e. The SMILES string of the molecule is CC(=O)C1=C(C)N=c2s/c(=C/c3cccc(Br)c3)c(=O)n2[C@H]1c1ccc(-c2ccc(Br)cc2)o1. The molecule has 5 rings (SSSR count). The minimum absolute atomic E-state index is 0.144. The number of benzene rings is 2. The minimum Gasteiger partial charge on any atom is -0.458 e. The normalized spacial score (nSPS) is 15.9. The van der Waals surface area contributed by atoms with Gasteiger partial charge in [0.05, 0.1) is 4.53 Å². The van der Waals surface area contributed by atoms with Crippen LogP contribution in [0, 0.1) is 0 Å². The van der Waals surface area contributed by atoms with Gasteiger partial charge in [-0.3, -0.25) is 14.2 Å². The summed E-state index contributed by atoms with van der Waals surface area (Å²) in [7, 11) is 0. The fraction of sp³-hybridized carbons (Fsp3) is 0.115. The molecular weight excluding hydrogens is 580 g/mol. The third-order valence-electron chi connectivity index (χ3n) is 5.57. The lowest BCUT2D eigenvalue weighted by Gasteiger charge is -2.22. The van der Waals surface area contributed by atoms with Crippen LogP contribution in [0.5, 0.6) is 0 Å². The van der Waals surface area contributed by atoms with Crippen LogP contribution in [0.1, 0.15) is 31.2 Å². The van der Waals surface area contributed by atoms with Crippen LogP contribution < -0.4 is 14.9 Å². The third kappa shape index (κ3) is 4.21. The van der Waals surface area contributed by atoms with Gasteiger partial charge in [-0.2, -0.15) is 0 Å². The average Bonchev–Trinajstić information content (AvgIpc) is 3.39. The first-order valence-corrected chi connectivity index (χ1v) is 12.9. The molecule has 2 aromatic carbocycles. The predicted octanol–water partition coefficient (Wildman–Crippen LogP) is 5.61. The zero-order chi connectivity index (χ0) is 24.0. The van der Waals surface area contributed by atoms with E-state index in [4.69, 9.17) is 4.42 Å². The number of nitrogens with zero attached hydrogens (tertiary/aromatic N) is 2. The zero-order valence-corrected chi connectivity index (χ0v) is 22.2. The van der Waals surface area contributed by atoms with Crippen molar-refractivity contribution in [2.24, 2.45) is 4.99 Å². The molecule has 0 unspecified atom stereocenters. The van der Waals surface area contributed by atoms with E-state index in [0.717, 1.165) is 20.1 Å². The molecule has 0 saturated carbocycles. The quantitative estimate of drug-likeness (QED) is 0.307. The molecule has 0 radical (unpaired) electrons. The van der Waals surface area contributed by atoms with Crippen molar-refractivity contribution in [1.82, 2.24) is 4.57 Å². The Balaban J connectivity index is 1.69. The number of ketones is 1. The third-order valence-corrected chi connectivity index (χ3v) is 7.58. The standard InChI is InChI=1S/C26H18Br2N2O3S/c1-14-23(15(2)31)24(21-11-10-20(33-21)17-6-8-18(27)9-7-17)30-25(32)22(34-26(30)29-14)13-16-4-3-5-19(28)12-16/h3-13,24H,1-2H3/b22-13+/t24-/m0/s1. The maximum absolute atomic E-state index is 13.6. The second-order valence-electron chi connectivity index (χ2n) is 7.90. The fourth-order valence-electron chi connectivity index (χ4n) is 4.06. The molecule has 0 N–H and O–H groups in total. The monoisotopic (exact) mass is 596 g/mol. The fourth-order valence-corrected chi connectivity index (χ4v) is 5.78. The number of halogens is 2. The lowest BCUT2D eigenvalue weighted by atomic mass is 9.98. The molecule has 5 nitrogen and oxygen atoms in total. The summed E-state index contributed by atoms with van der Waals surface area (Å²) >= 11 is 8.22. The van der Waals surface area contributed by atoms with Crippen LogP contribution in [-0.4, -0.2) is 10.4 Å². The molecule has 8 heteroatoms. The molecule has 0 spiro atoms. The minimum atomic E-state index is -0.678. The number of allylic oxidation sites excluding steroid dienone is 2. The van der Waals surface area contributed by atoms with Crippen LogP contribution in [0.4, 0.5) is 0 Å². The maximum atomic E-state index is 13.6. The number of Topliss-reactive ketones (excluding diaryl/α,β-unsaturated/α-hetero) is 1. The van der Waals surface area contributed by atoms with Crippen molar-refractivity contribution in [3.63, 3.8) is 0 Å². The van der Waals surface area contributed by atoms with E-state index in [9.17, 15) is 9.59 Å². The van der Waals surface area contributed by atoms with E-state index in [-0.39, 0.29) is 11.3 Å². The highest BCUT2D eigenvalue weighted by molar-refractivity contribution is 9.10. The Kier molecular flexibility index (Phi) is 6.14. The molecule has 3 heterocycles. The van der Waals surface area contributed by atoms with Gasteiger partial charge in [-0.25, -0.2) is 4.99 Å². The Bertz CT molecular complexity index is 1640. The topological polar surface area (TPSA) is 64.6 Å². The van der Waals surface area contributed by atoms with E-state index in [0.29, 0.717) is 32.1 Å². The van der Waals surface area contributed by atoms with Gasteiger partial charge in [0.2, 0.25) is 0 Å². The second kappa shape index (κ2) is 9.09. The number of fused-ring (bicyclic) bond motifs is 1. The van der Waals surface area contributed by atoms with Crippen LogP contribution in [-0.2, 0) is 4.79 Å². The van der Waals surface area contributed by atoms with Crippen LogP contribution in [0.15, 0.2) is 95.1 Å². The summed E-state index contributed by atoms with van der Waals surface area (Å²) in [5.41, 5.74) is 2.64. The highest BCUT2D eigenvalue weighted by Crippen LogP contribution is 2.34. The molecule has 34 heavy (non-hydrogen) atoms. The van der Waals surface area contributed by atoms with E-state index >= 15 is 0 Å². The van der Waals surface area contributed by atoms with E-state index < -0.39 is 6.04 Å². The number of thiazole rings is 1. The molecule has 0 aliphatic carbocycles. The first-order chi connectivity index (χ1) is 16.3.